The van der Waals surface area contributed by atoms with Gasteiger partial charge in [0, 0.05) is 31.5 Å². The van der Waals surface area contributed by atoms with Crippen LogP contribution in [0.1, 0.15) is 32.6 Å². The van der Waals surface area contributed by atoms with Crippen LogP contribution in [0.5, 0.6) is 0 Å². The van der Waals surface area contributed by atoms with Gasteiger partial charge in [0.15, 0.2) is 11.6 Å². The van der Waals surface area contributed by atoms with Crippen molar-refractivity contribution in [2.75, 3.05) is 13.1 Å². The fourth-order valence-corrected chi connectivity index (χ4v) is 3.91. The predicted octanol–water partition coefficient (Wildman–Crippen LogP) is 1.63. The number of fused-ring (bicyclic) bond motifs is 2. The van der Waals surface area contributed by atoms with Crippen molar-refractivity contribution in [1.29, 1.82) is 0 Å². The van der Waals surface area contributed by atoms with E-state index in [0.717, 1.165) is 48.5 Å². The second-order valence-corrected chi connectivity index (χ2v) is 6.92. The molecule has 1 atom stereocenters. The lowest BCUT2D eigenvalue weighted by Crippen LogP contribution is -2.43. The van der Waals surface area contributed by atoms with Gasteiger partial charge in [-0.15, -0.1) is 0 Å². The highest BCUT2D eigenvalue weighted by molar-refractivity contribution is 6.04. The molecule has 4 aliphatic rings. The van der Waals surface area contributed by atoms with Crippen LogP contribution in [0.3, 0.4) is 0 Å². The quantitative estimate of drug-likeness (QED) is 0.737. The van der Waals surface area contributed by atoms with Gasteiger partial charge in [0.05, 0.1) is 22.6 Å². The van der Waals surface area contributed by atoms with Crippen molar-refractivity contribution in [2.45, 2.75) is 38.2 Å². The predicted molar refractivity (Wildman–Crippen MR) is 84.8 cm³/mol. The average molecular weight is 312 g/mol. The first kappa shape index (κ1) is 14.5. The normalized spacial score (nSPS) is 30.3. The number of ketones is 2. The zero-order chi connectivity index (χ0) is 16.2. The Morgan fingerprint density at radius 1 is 1.00 bits per heavy atom. The van der Waals surface area contributed by atoms with Crippen LogP contribution in [-0.2, 0) is 9.59 Å². The van der Waals surface area contributed by atoms with E-state index in [1.54, 1.807) is 31.2 Å². The monoisotopic (exact) mass is 312 g/mol. The molecule has 0 aromatic heterocycles. The molecule has 0 amide bonds. The second kappa shape index (κ2) is 4.93. The maximum atomic E-state index is 12.7. The van der Waals surface area contributed by atoms with Crippen LogP contribution in [0.4, 0.5) is 0 Å². The van der Waals surface area contributed by atoms with Crippen LogP contribution < -0.4 is 0 Å². The van der Waals surface area contributed by atoms with Crippen LogP contribution in [-0.4, -0.2) is 45.4 Å². The van der Waals surface area contributed by atoms with Crippen LogP contribution >= 0.6 is 0 Å². The highest BCUT2D eigenvalue weighted by atomic mass is 16.3. The van der Waals surface area contributed by atoms with E-state index in [9.17, 15) is 14.7 Å². The Bertz CT molecular complexity index is 707. The van der Waals surface area contributed by atoms with E-state index < -0.39 is 5.60 Å². The summed E-state index contributed by atoms with van der Waals surface area (Å²) in [6.07, 6.45) is 9.46. The molecular weight excluding hydrogens is 292 g/mol. The smallest absolute Gasteiger partial charge is 0.178 e. The Kier molecular flexibility index (Phi) is 3.10. The molecule has 4 rings (SSSR count). The van der Waals surface area contributed by atoms with Crippen molar-refractivity contribution >= 4 is 11.6 Å². The summed E-state index contributed by atoms with van der Waals surface area (Å²) in [4.78, 5) is 24.1. The van der Waals surface area contributed by atoms with Crippen LogP contribution in [0.25, 0.3) is 0 Å². The first-order chi connectivity index (χ1) is 11.0. The number of hydrogen-bond donors (Lipinski definition) is 1. The zero-order valence-electron chi connectivity index (χ0n) is 13.2. The molecule has 120 valence electrons. The average Bonchev–Trinajstić information content (AvgIpc) is 2.82. The number of rotatable bonds is 0. The molecule has 5 nitrogen and oxygen atoms in total. The van der Waals surface area contributed by atoms with Crippen LogP contribution in [0, 0.1) is 0 Å². The third kappa shape index (κ3) is 2.27. The summed E-state index contributed by atoms with van der Waals surface area (Å²) in [6, 6.07) is 0. The number of carbonyl (C=O) groups is 2. The molecule has 0 aromatic carbocycles. The summed E-state index contributed by atoms with van der Waals surface area (Å²) in [7, 11) is 0. The van der Waals surface area contributed by atoms with Gasteiger partial charge in [-0.2, -0.15) is 0 Å². The van der Waals surface area contributed by atoms with Crippen molar-refractivity contribution in [3.8, 4) is 0 Å². The van der Waals surface area contributed by atoms with Crippen molar-refractivity contribution in [2.24, 2.45) is 0 Å². The summed E-state index contributed by atoms with van der Waals surface area (Å²) < 4.78 is 0. The van der Waals surface area contributed by atoms with E-state index in [1.165, 1.54) is 0 Å². The Morgan fingerprint density at radius 2 is 1.65 bits per heavy atom. The fraction of sp³-hybridized carbons (Fsp3) is 0.444. The van der Waals surface area contributed by atoms with E-state index in [2.05, 4.69) is 10.0 Å². The van der Waals surface area contributed by atoms with Gasteiger partial charge in [0.25, 0.3) is 0 Å². The first-order valence-electron chi connectivity index (χ1n) is 8.15. The summed E-state index contributed by atoms with van der Waals surface area (Å²) in [5.74, 6) is -0.0400. The third-order valence-electron chi connectivity index (χ3n) is 4.87. The molecule has 1 N–H and O–H groups in total. The molecule has 1 saturated heterocycles. The zero-order valence-corrected chi connectivity index (χ0v) is 13.2. The van der Waals surface area contributed by atoms with E-state index >= 15 is 0 Å². The minimum atomic E-state index is -0.979. The summed E-state index contributed by atoms with van der Waals surface area (Å²) in [5, 5.41) is 14.7. The standard InChI is InChI=1S/C18H20N2O3/c1-18(23)10-14-16(15(22)11-18)17(12-4-6-13(21)7-5-12)20-9-3-2-8-19(14)20/h4-7,23H,2-3,8-11H2,1H3/t18-/m0/s1. The number of allylic oxidation sites excluding steroid dienone is 6. The van der Waals surface area contributed by atoms with Gasteiger partial charge in [-0.25, -0.2) is 0 Å². The van der Waals surface area contributed by atoms with E-state index in [4.69, 9.17) is 0 Å². The molecule has 2 heterocycles. The van der Waals surface area contributed by atoms with Gasteiger partial charge in [-0.1, -0.05) is 0 Å². The van der Waals surface area contributed by atoms with Gasteiger partial charge >= 0.3 is 0 Å². The molecule has 2 aliphatic heterocycles. The lowest BCUT2D eigenvalue weighted by molar-refractivity contribution is -0.120. The van der Waals surface area contributed by atoms with Gasteiger partial charge < -0.3 is 5.11 Å². The molecule has 0 aromatic rings. The number of hydrazine groups is 1. The van der Waals surface area contributed by atoms with Crippen LogP contribution in [0.2, 0.25) is 0 Å². The number of aliphatic hydroxyl groups is 1. The largest absolute Gasteiger partial charge is 0.389 e. The summed E-state index contributed by atoms with van der Waals surface area (Å²) >= 11 is 0. The molecule has 0 bridgehead atoms. The third-order valence-corrected chi connectivity index (χ3v) is 4.87. The van der Waals surface area contributed by atoms with Gasteiger partial charge in [-0.05, 0) is 44.1 Å². The van der Waals surface area contributed by atoms with Crippen molar-refractivity contribution in [3.05, 3.63) is 46.8 Å². The van der Waals surface area contributed by atoms with Crippen molar-refractivity contribution < 1.29 is 14.7 Å². The van der Waals surface area contributed by atoms with E-state index in [1.807, 2.05) is 0 Å². The molecule has 0 saturated carbocycles. The highest BCUT2D eigenvalue weighted by Crippen LogP contribution is 2.45. The Labute approximate surface area is 135 Å². The van der Waals surface area contributed by atoms with Crippen molar-refractivity contribution in [3.63, 3.8) is 0 Å². The second-order valence-electron chi connectivity index (χ2n) is 6.92. The Hall–Kier alpha value is -2.14. The highest BCUT2D eigenvalue weighted by Gasteiger charge is 2.46. The summed E-state index contributed by atoms with van der Waals surface area (Å²) in [6.45, 7) is 3.45. The minimum Gasteiger partial charge on any atom is -0.389 e. The van der Waals surface area contributed by atoms with E-state index in [0.29, 0.717) is 6.42 Å². The molecule has 2 aliphatic carbocycles. The molecule has 23 heavy (non-hydrogen) atoms. The minimum absolute atomic E-state index is 0.00755. The van der Waals surface area contributed by atoms with Gasteiger partial charge in [0.1, 0.15) is 0 Å². The van der Waals surface area contributed by atoms with E-state index in [-0.39, 0.29) is 18.0 Å². The molecular formula is C18H20N2O3. The summed E-state index contributed by atoms with van der Waals surface area (Å²) in [5.41, 5.74) is 2.49. The Balaban J connectivity index is 1.88. The number of carbonyl (C=O) groups excluding carboxylic acids is 2. The van der Waals surface area contributed by atoms with Gasteiger partial charge in [0.2, 0.25) is 0 Å². The SMILES string of the molecule is C[C@@]1(O)CC(=O)C2=C(C1)N1CCCCN1C2=C1C=CC(=O)C=C1. The number of Topliss-reactive ketones (excluding diaryl/α,β-unsaturated/α-hetero) is 1. The molecule has 1 fully saturated rings. The molecule has 5 heteroatoms. The van der Waals surface area contributed by atoms with Crippen molar-refractivity contribution in [1.82, 2.24) is 10.0 Å². The maximum Gasteiger partial charge on any atom is 0.178 e. The number of nitrogens with zero attached hydrogens (tertiary/aromatic N) is 2. The first-order valence-corrected chi connectivity index (χ1v) is 8.15. The Morgan fingerprint density at radius 3 is 2.35 bits per heavy atom. The molecule has 0 unspecified atom stereocenters. The number of hydrogen-bond acceptors (Lipinski definition) is 5. The topological polar surface area (TPSA) is 60.9 Å². The maximum absolute atomic E-state index is 12.7. The molecule has 0 radical (unpaired) electrons. The lowest BCUT2D eigenvalue weighted by atomic mass is 9.82. The van der Waals surface area contributed by atoms with Gasteiger partial charge in [-0.3, -0.25) is 19.6 Å². The molecule has 0 spiro atoms. The lowest BCUT2D eigenvalue weighted by Gasteiger charge is -2.39. The fourth-order valence-electron chi connectivity index (χ4n) is 3.91. The van der Waals surface area contributed by atoms with Crippen LogP contribution in [0.15, 0.2) is 46.8 Å².